The number of piperidine rings is 1. The molecule has 4 rings (SSSR count). The highest BCUT2D eigenvalue weighted by Gasteiger charge is 2.30. The van der Waals surface area contributed by atoms with E-state index in [0.29, 0.717) is 18.0 Å². The molecule has 1 aliphatic heterocycles. The number of aryl methyl sites for hydroxylation is 1. The normalized spacial score (nSPS) is 19.0. The van der Waals surface area contributed by atoms with Gasteiger partial charge in [-0.3, -0.25) is 0 Å². The zero-order valence-corrected chi connectivity index (χ0v) is 15.6. The van der Waals surface area contributed by atoms with E-state index in [-0.39, 0.29) is 5.92 Å². The molecule has 26 heavy (non-hydrogen) atoms. The summed E-state index contributed by atoms with van der Waals surface area (Å²) in [5, 5.41) is 0. The molecule has 6 nitrogen and oxygen atoms in total. The number of sulfonamides is 1. The summed E-state index contributed by atoms with van der Waals surface area (Å²) in [5.41, 5.74) is 2.78. The summed E-state index contributed by atoms with van der Waals surface area (Å²) in [6.07, 6.45) is 5.43. The second-order valence-electron chi connectivity index (χ2n) is 6.93. The number of nitrogens with zero attached hydrogens (tertiary/aromatic N) is 4. The van der Waals surface area contributed by atoms with Crippen LogP contribution in [0.15, 0.2) is 53.8 Å². The van der Waals surface area contributed by atoms with Crippen LogP contribution in [0.5, 0.6) is 0 Å². The van der Waals surface area contributed by atoms with Gasteiger partial charge in [-0.1, -0.05) is 17.7 Å². The summed E-state index contributed by atoms with van der Waals surface area (Å²) in [5.74, 6) is 0.253. The van der Waals surface area contributed by atoms with Crippen molar-refractivity contribution in [2.24, 2.45) is 5.92 Å². The molecular weight excluding hydrogens is 348 g/mol. The second-order valence-corrected chi connectivity index (χ2v) is 8.87. The molecule has 1 aromatic carbocycles. The Labute approximate surface area is 153 Å². The van der Waals surface area contributed by atoms with E-state index in [1.807, 2.05) is 35.8 Å². The molecule has 0 aliphatic carbocycles. The molecule has 1 aliphatic rings. The molecule has 0 amide bonds. The van der Waals surface area contributed by atoms with Crippen LogP contribution in [0.2, 0.25) is 0 Å². The van der Waals surface area contributed by atoms with Crippen LogP contribution in [-0.4, -0.2) is 40.3 Å². The van der Waals surface area contributed by atoms with Crippen molar-refractivity contribution >= 4 is 21.2 Å². The minimum Gasteiger partial charge on any atom is -0.315 e. The third kappa shape index (κ3) is 3.24. The predicted molar refractivity (Wildman–Crippen MR) is 100 cm³/mol. The molecule has 7 heteroatoms. The van der Waals surface area contributed by atoms with Crippen LogP contribution in [0.25, 0.3) is 11.2 Å². The van der Waals surface area contributed by atoms with Crippen LogP contribution in [0.3, 0.4) is 0 Å². The maximum atomic E-state index is 13.0. The first-order valence-electron chi connectivity index (χ1n) is 8.87. The Bertz CT molecular complexity index is 1010. The second kappa shape index (κ2) is 6.81. The first-order valence-corrected chi connectivity index (χ1v) is 10.3. The van der Waals surface area contributed by atoms with Gasteiger partial charge in [0.2, 0.25) is 10.0 Å². The van der Waals surface area contributed by atoms with E-state index in [1.54, 1.807) is 29.0 Å². The minimum absolute atomic E-state index is 0.253. The Morgan fingerprint density at radius 1 is 1.15 bits per heavy atom. The maximum absolute atomic E-state index is 13.0. The van der Waals surface area contributed by atoms with Crippen molar-refractivity contribution < 1.29 is 8.42 Å². The van der Waals surface area contributed by atoms with E-state index >= 15 is 0 Å². The summed E-state index contributed by atoms with van der Waals surface area (Å²) in [6.45, 7) is 3.79. The van der Waals surface area contributed by atoms with Crippen LogP contribution in [0, 0.1) is 12.8 Å². The fraction of sp³-hybridized carbons (Fsp3) is 0.368. The number of fused-ring (bicyclic) bond motifs is 1. The highest BCUT2D eigenvalue weighted by Crippen LogP contribution is 2.25. The molecule has 3 aromatic rings. The van der Waals surface area contributed by atoms with Crippen molar-refractivity contribution in [3.8, 4) is 0 Å². The van der Waals surface area contributed by atoms with E-state index < -0.39 is 10.0 Å². The average Bonchev–Trinajstić information content (AvgIpc) is 3.05. The molecule has 0 N–H and O–H groups in total. The number of imidazole rings is 1. The summed E-state index contributed by atoms with van der Waals surface area (Å²) >= 11 is 0. The topological polar surface area (TPSA) is 68.1 Å². The number of aromatic nitrogens is 3. The van der Waals surface area contributed by atoms with Gasteiger partial charge in [-0.05, 0) is 49.9 Å². The van der Waals surface area contributed by atoms with Gasteiger partial charge in [0.05, 0.1) is 11.2 Å². The Kier molecular flexibility index (Phi) is 4.50. The van der Waals surface area contributed by atoms with Gasteiger partial charge < -0.3 is 4.57 Å². The number of hydrogen-bond donors (Lipinski definition) is 0. The van der Waals surface area contributed by atoms with Crippen molar-refractivity contribution in [1.29, 1.82) is 0 Å². The van der Waals surface area contributed by atoms with Crippen molar-refractivity contribution in [2.75, 3.05) is 13.1 Å². The Hall–Kier alpha value is -2.25. The Balaban J connectivity index is 1.53. The fourth-order valence-electron chi connectivity index (χ4n) is 3.56. The molecular formula is C19H22N4O2S. The molecule has 2 aromatic heterocycles. The zero-order chi connectivity index (χ0) is 18.1. The maximum Gasteiger partial charge on any atom is 0.243 e. The Morgan fingerprint density at radius 2 is 1.96 bits per heavy atom. The van der Waals surface area contributed by atoms with E-state index in [2.05, 4.69) is 9.97 Å². The van der Waals surface area contributed by atoms with Crippen LogP contribution in [-0.2, 0) is 16.6 Å². The molecule has 0 saturated carbocycles. The largest absolute Gasteiger partial charge is 0.315 e. The number of benzene rings is 1. The summed E-state index contributed by atoms with van der Waals surface area (Å²) in [7, 11) is -3.44. The molecule has 0 spiro atoms. The molecule has 0 radical (unpaired) electrons. The lowest BCUT2D eigenvalue weighted by atomic mass is 10.00. The third-order valence-corrected chi connectivity index (χ3v) is 6.85. The lowest BCUT2D eigenvalue weighted by molar-refractivity contribution is 0.246. The van der Waals surface area contributed by atoms with Crippen molar-refractivity contribution in [3.05, 3.63) is 54.5 Å². The van der Waals surface area contributed by atoms with Gasteiger partial charge >= 0.3 is 0 Å². The van der Waals surface area contributed by atoms with Crippen molar-refractivity contribution in [3.63, 3.8) is 0 Å². The fourth-order valence-corrected chi connectivity index (χ4v) is 5.12. The van der Waals surface area contributed by atoms with Crippen LogP contribution >= 0.6 is 0 Å². The predicted octanol–water partition coefficient (Wildman–Crippen LogP) is 2.84. The summed E-state index contributed by atoms with van der Waals surface area (Å²) in [6, 6.07) is 10.9. The SMILES string of the molecule is Cc1ccc(S(=O)(=O)N2CCC[C@H](Cn3cnc4cccnc43)C2)cc1. The van der Waals surface area contributed by atoms with Crippen molar-refractivity contribution in [2.45, 2.75) is 31.2 Å². The highest BCUT2D eigenvalue weighted by molar-refractivity contribution is 7.89. The molecule has 0 unspecified atom stereocenters. The van der Waals surface area contributed by atoms with E-state index in [0.717, 1.165) is 36.1 Å². The van der Waals surface area contributed by atoms with Gasteiger partial charge in [0.1, 0.15) is 5.52 Å². The van der Waals surface area contributed by atoms with Gasteiger partial charge in [-0.15, -0.1) is 0 Å². The number of hydrogen-bond acceptors (Lipinski definition) is 4. The molecule has 1 fully saturated rings. The number of rotatable bonds is 4. The summed E-state index contributed by atoms with van der Waals surface area (Å²) < 4.78 is 29.6. The standard InChI is InChI=1S/C19H22N4O2S/c1-15-6-8-17(9-7-15)26(24,25)23-11-3-4-16(13-23)12-22-14-21-18-5-2-10-20-19(18)22/h2,5-10,14,16H,3-4,11-13H2,1H3/t16-/m1/s1. The van der Waals surface area contributed by atoms with Gasteiger partial charge in [0.15, 0.2) is 5.65 Å². The third-order valence-electron chi connectivity index (χ3n) is 4.97. The Morgan fingerprint density at radius 3 is 2.77 bits per heavy atom. The monoisotopic (exact) mass is 370 g/mol. The molecule has 136 valence electrons. The smallest absolute Gasteiger partial charge is 0.243 e. The number of pyridine rings is 1. The molecule has 0 bridgehead atoms. The molecule has 1 atom stereocenters. The van der Waals surface area contributed by atoms with Crippen LogP contribution < -0.4 is 0 Å². The van der Waals surface area contributed by atoms with Crippen LogP contribution in [0.1, 0.15) is 18.4 Å². The average molecular weight is 370 g/mol. The van der Waals surface area contributed by atoms with Crippen LogP contribution in [0.4, 0.5) is 0 Å². The van der Waals surface area contributed by atoms with Gasteiger partial charge in [0.25, 0.3) is 0 Å². The van der Waals surface area contributed by atoms with Crippen molar-refractivity contribution in [1.82, 2.24) is 18.8 Å². The lowest BCUT2D eigenvalue weighted by Gasteiger charge is -2.32. The van der Waals surface area contributed by atoms with E-state index in [9.17, 15) is 8.42 Å². The van der Waals surface area contributed by atoms with Gasteiger partial charge in [0, 0.05) is 25.8 Å². The van der Waals surface area contributed by atoms with Gasteiger partial charge in [-0.2, -0.15) is 4.31 Å². The highest BCUT2D eigenvalue weighted by atomic mass is 32.2. The quantitative estimate of drug-likeness (QED) is 0.708. The van der Waals surface area contributed by atoms with Gasteiger partial charge in [-0.25, -0.2) is 18.4 Å². The summed E-state index contributed by atoms with van der Waals surface area (Å²) in [4.78, 5) is 9.15. The first kappa shape index (κ1) is 17.2. The minimum atomic E-state index is -3.44. The van der Waals surface area contributed by atoms with E-state index in [4.69, 9.17) is 0 Å². The lowest BCUT2D eigenvalue weighted by Crippen LogP contribution is -2.41. The molecule has 1 saturated heterocycles. The first-order chi connectivity index (χ1) is 12.5. The zero-order valence-electron chi connectivity index (χ0n) is 14.7. The van der Waals surface area contributed by atoms with E-state index in [1.165, 1.54) is 0 Å². The molecule has 3 heterocycles.